The van der Waals surface area contributed by atoms with Crippen LogP contribution in [0.15, 0.2) is 0 Å². The number of unbranched alkanes of at least 4 members (excludes halogenated alkanes) is 1. The van der Waals surface area contributed by atoms with Gasteiger partial charge >= 0.3 is 12.1 Å². The van der Waals surface area contributed by atoms with Crippen LogP contribution >= 0.6 is 0 Å². The second-order valence-electron chi connectivity index (χ2n) is 3.95. The number of aliphatic hydroxyl groups is 1. The molecule has 0 aromatic carbocycles. The zero-order chi connectivity index (χ0) is 12.0. The number of carbonyl (C=O) groups is 2. The highest BCUT2D eigenvalue weighted by atomic mass is 16.6. The molecule has 6 nitrogen and oxygen atoms in total. The summed E-state index contributed by atoms with van der Waals surface area (Å²) in [5, 5.41) is 11.1. The average Bonchev–Trinajstić information content (AvgIpc) is 3.01. The number of nitrogens with one attached hydrogen (secondary N) is 1. The Morgan fingerprint density at radius 1 is 1.44 bits per heavy atom. The Hall–Kier alpha value is -1.14. The lowest BCUT2D eigenvalue weighted by Gasteiger charge is -2.10. The first kappa shape index (κ1) is 12.9. The number of alkyl carbamates (subject to hydrolysis) is 1. The first-order valence-corrected chi connectivity index (χ1v) is 5.52. The molecule has 0 saturated heterocycles. The molecule has 0 aromatic heterocycles. The maximum atomic E-state index is 11.3. The zero-order valence-corrected chi connectivity index (χ0v) is 9.15. The molecule has 0 heterocycles. The van der Waals surface area contributed by atoms with E-state index in [0.717, 1.165) is 12.8 Å². The predicted octanol–water partition coefficient (Wildman–Crippen LogP) is -0.109. The summed E-state index contributed by atoms with van der Waals surface area (Å²) in [5.41, 5.74) is 5.52. The Morgan fingerprint density at radius 3 is 2.69 bits per heavy atom. The molecule has 1 fully saturated rings. The van der Waals surface area contributed by atoms with Crippen molar-refractivity contribution in [2.75, 3.05) is 6.61 Å². The summed E-state index contributed by atoms with van der Waals surface area (Å²) in [6.07, 6.45) is 2.80. The minimum Gasteiger partial charge on any atom is -0.396 e. The molecule has 1 aliphatic rings. The van der Waals surface area contributed by atoms with Crippen LogP contribution in [-0.4, -0.2) is 35.9 Å². The fourth-order valence-corrected chi connectivity index (χ4v) is 1.18. The van der Waals surface area contributed by atoms with E-state index in [2.05, 4.69) is 10.1 Å². The fourth-order valence-electron chi connectivity index (χ4n) is 1.18. The van der Waals surface area contributed by atoms with E-state index in [-0.39, 0.29) is 12.6 Å². The largest absolute Gasteiger partial charge is 0.415 e. The molecule has 1 aliphatic carbocycles. The number of amides is 1. The van der Waals surface area contributed by atoms with Gasteiger partial charge in [0, 0.05) is 12.6 Å². The maximum Gasteiger partial charge on any atom is 0.415 e. The summed E-state index contributed by atoms with van der Waals surface area (Å²) in [5.74, 6) is -0.712. The van der Waals surface area contributed by atoms with Crippen molar-refractivity contribution in [3.63, 3.8) is 0 Å². The van der Waals surface area contributed by atoms with Gasteiger partial charge in [0.15, 0.2) is 0 Å². The Morgan fingerprint density at radius 2 is 2.12 bits per heavy atom. The summed E-state index contributed by atoms with van der Waals surface area (Å²) in [4.78, 5) is 22.4. The lowest BCUT2D eigenvalue weighted by atomic mass is 10.1. The van der Waals surface area contributed by atoms with Gasteiger partial charge in [0.2, 0.25) is 0 Å². The van der Waals surface area contributed by atoms with Crippen LogP contribution in [0.1, 0.15) is 32.1 Å². The monoisotopic (exact) mass is 230 g/mol. The summed E-state index contributed by atoms with van der Waals surface area (Å²) in [6, 6.07) is -0.637. The van der Waals surface area contributed by atoms with E-state index in [4.69, 9.17) is 10.8 Å². The molecule has 1 saturated carbocycles. The van der Waals surface area contributed by atoms with E-state index in [0.29, 0.717) is 19.3 Å². The number of rotatable bonds is 6. The standard InChI is InChI=1S/C10H18N2O4/c11-8(3-1-2-6-13)9(14)16-10(15)12-7-4-5-7/h7-8,13H,1-6,11H2,(H,12,15). The van der Waals surface area contributed by atoms with Crippen LogP contribution in [0.5, 0.6) is 0 Å². The van der Waals surface area contributed by atoms with Gasteiger partial charge in [0.1, 0.15) is 6.04 Å². The van der Waals surface area contributed by atoms with Crippen molar-refractivity contribution in [1.29, 1.82) is 0 Å². The second-order valence-corrected chi connectivity index (χ2v) is 3.95. The van der Waals surface area contributed by atoms with Gasteiger partial charge in [-0.05, 0) is 32.1 Å². The van der Waals surface area contributed by atoms with E-state index < -0.39 is 18.1 Å². The zero-order valence-electron chi connectivity index (χ0n) is 9.15. The molecular weight excluding hydrogens is 212 g/mol. The molecule has 0 radical (unpaired) electrons. The molecule has 1 amide bonds. The van der Waals surface area contributed by atoms with Crippen molar-refractivity contribution in [2.24, 2.45) is 5.73 Å². The molecule has 0 spiro atoms. The molecule has 1 rings (SSSR count). The van der Waals surface area contributed by atoms with Gasteiger partial charge in [0.25, 0.3) is 0 Å². The number of hydrogen-bond acceptors (Lipinski definition) is 5. The van der Waals surface area contributed by atoms with Crippen LogP contribution in [0.2, 0.25) is 0 Å². The number of hydrogen-bond donors (Lipinski definition) is 3. The van der Waals surface area contributed by atoms with Crippen LogP contribution < -0.4 is 11.1 Å². The van der Waals surface area contributed by atoms with Crippen LogP contribution in [-0.2, 0) is 9.53 Å². The van der Waals surface area contributed by atoms with Crippen molar-refractivity contribution in [3.05, 3.63) is 0 Å². The lowest BCUT2D eigenvalue weighted by molar-refractivity contribution is -0.139. The average molecular weight is 230 g/mol. The SMILES string of the molecule is NC(CCCCO)C(=O)OC(=O)NC1CC1. The Kier molecular flexibility index (Phi) is 5.21. The van der Waals surface area contributed by atoms with E-state index in [1.807, 2.05) is 0 Å². The molecule has 16 heavy (non-hydrogen) atoms. The van der Waals surface area contributed by atoms with Crippen molar-refractivity contribution in [2.45, 2.75) is 44.2 Å². The molecule has 0 bridgehead atoms. The summed E-state index contributed by atoms with van der Waals surface area (Å²) in [6.45, 7) is 0.0733. The van der Waals surface area contributed by atoms with Crippen molar-refractivity contribution in [3.8, 4) is 0 Å². The third-order valence-corrected chi connectivity index (χ3v) is 2.32. The summed E-state index contributed by atoms with van der Waals surface area (Å²) >= 11 is 0. The van der Waals surface area contributed by atoms with Crippen molar-refractivity contribution >= 4 is 12.1 Å². The van der Waals surface area contributed by atoms with Crippen LogP contribution in [0.4, 0.5) is 4.79 Å². The molecule has 1 unspecified atom stereocenters. The fraction of sp³-hybridized carbons (Fsp3) is 0.800. The highest BCUT2D eigenvalue weighted by Gasteiger charge is 2.26. The van der Waals surface area contributed by atoms with Gasteiger partial charge in [-0.1, -0.05) is 0 Å². The number of esters is 1. The van der Waals surface area contributed by atoms with Crippen molar-refractivity contribution in [1.82, 2.24) is 5.32 Å². The smallest absolute Gasteiger partial charge is 0.396 e. The highest BCUT2D eigenvalue weighted by molar-refractivity contribution is 5.87. The Balaban J connectivity index is 2.13. The highest BCUT2D eigenvalue weighted by Crippen LogP contribution is 2.18. The third kappa shape index (κ3) is 5.09. The quantitative estimate of drug-likeness (QED) is 0.336. The minimum absolute atomic E-state index is 0.0733. The minimum atomic E-state index is -0.795. The predicted molar refractivity (Wildman–Crippen MR) is 56.6 cm³/mol. The van der Waals surface area contributed by atoms with Crippen LogP contribution in [0.3, 0.4) is 0 Å². The number of aliphatic hydroxyl groups excluding tert-OH is 1. The number of nitrogens with two attached hydrogens (primary N) is 1. The Bertz CT molecular complexity index is 253. The van der Waals surface area contributed by atoms with Gasteiger partial charge in [-0.2, -0.15) is 0 Å². The molecule has 0 aliphatic heterocycles. The number of carbonyl (C=O) groups excluding carboxylic acids is 2. The van der Waals surface area contributed by atoms with Crippen molar-refractivity contribution < 1.29 is 19.4 Å². The van der Waals surface area contributed by atoms with Gasteiger partial charge in [-0.25, -0.2) is 9.59 Å². The lowest BCUT2D eigenvalue weighted by Crippen LogP contribution is -2.37. The molecular formula is C10H18N2O4. The van der Waals surface area contributed by atoms with Gasteiger partial charge < -0.3 is 20.9 Å². The van der Waals surface area contributed by atoms with E-state index in [1.54, 1.807) is 0 Å². The summed E-state index contributed by atoms with van der Waals surface area (Å²) < 4.78 is 4.52. The molecule has 0 aromatic rings. The maximum absolute atomic E-state index is 11.3. The van der Waals surface area contributed by atoms with E-state index in [9.17, 15) is 9.59 Å². The molecule has 92 valence electrons. The van der Waals surface area contributed by atoms with E-state index in [1.165, 1.54) is 0 Å². The molecule has 4 N–H and O–H groups in total. The topological polar surface area (TPSA) is 102 Å². The second kappa shape index (κ2) is 6.44. The first-order valence-electron chi connectivity index (χ1n) is 5.52. The normalized spacial score (nSPS) is 16.6. The third-order valence-electron chi connectivity index (χ3n) is 2.32. The van der Waals surface area contributed by atoms with Crippen LogP contribution in [0.25, 0.3) is 0 Å². The first-order chi connectivity index (χ1) is 7.63. The molecule has 1 atom stereocenters. The molecule has 6 heteroatoms. The summed E-state index contributed by atoms with van der Waals surface area (Å²) in [7, 11) is 0. The number of ether oxygens (including phenoxy) is 1. The van der Waals surface area contributed by atoms with Gasteiger partial charge in [-0.3, -0.25) is 0 Å². The Labute approximate surface area is 94.1 Å². The van der Waals surface area contributed by atoms with Gasteiger partial charge in [-0.15, -0.1) is 0 Å². The van der Waals surface area contributed by atoms with Gasteiger partial charge in [0.05, 0.1) is 0 Å². The van der Waals surface area contributed by atoms with E-state index >= 15 is 0 Å². The van der Waals surface area contributed by atoms with Crippen LogP contribution in [0, 0.1) is 0 Å².